The van der Waals surface area contributed by atoms with Gasteiger partial charge < -0.3 is 14.8 Å². The van der Waals surface area contributed by atoms with E-state index in [0.29, 0.717) is 28.6 Å². The van der Waals surface area contributed by atoms with E-state index in [2.05, 4.69) is 5.32 Å². The Balaban J connectivity index is 1.75. The van der Waals surface area contributed by atoms with Crippen LogP contribution < -0.4 is 14.8 Å². The lowest BCUT2D eigenvalue weighted by molar-refractivity contribution is -0.122. The van der Waals surface area contributed by atoms with Crippen molar-refractivity contribution in [2.24, 2.45) is 0 Å². The smallest absolute Gasteiger partial charge is 0.265 e. The fraction of sp³-hybridized carbons (Fsp3) is 0.235. The number of ether oxygens (including phenoxy) is 2. The highest BCUT2D eigenvalue weighted by atomic mass is 35.5. The van der Waals surface area contributed by atoms with E-state index in [-0.39, 0.29) is 5.91 Å². The number of nitrogens with one attached hydrogen (secondary N) is 1. The molecule has 2 aromatic carbocycles. The first kappa shape index (κ1) is 14.7. The maximum atomic E-state index is 12.4. The summed E-state index contributed by atoms with van der Waals surface area (Å²) in [5, 5.41) is 3.51. The second kappa shape index (κ2) is 5.89. The molecular formula is C17H16ClNO3. The van der Waals surface area contributed by atoms with Crippen molar-refractivity contribution in [3.05, 3.63) is 52.5 Å². The Kier molecular flexibility index (Phi) is 3.94. The van der Waals surface area contributed by atoms with Gasteiger partial charge in [0.2, 0.25) is 0 Å². The number of carbonyl (C=O) groups is 1. The van der Waals surface area contributed by atoms with Crippen LogP contribution >= 0.6 is 11.6 Å². The molecule has 0 aliphatic carbocycles. The Labute approximate surface area is 134 Å². The predicted octanol–water partition coefficient (Wildman–Crippen LogP) is 3.60. The Morgan fingerprint density at radius 3 is 2.91 bits per heavy atom. The SMILES string of the molecule is COc1ccc(C)cc1NC(=O)C1Cc2cc(Cl)ccc2O1. The van der Waals surface area contributed by atoms with Gasteiger partial charge >= 0.3 is 0 Å². The van der Waals surface area contributed by atoms with Crippen molar-refractivity contribution in [3.63, 3.8) is 0 Å². The molecule has 5 heteroatoms. The maximum Gasteiger partial charge on any atom is 0.265 e. The van der Waals surface area contributed by atoms with Crippen molar-refractivity contribution >= 4 is 23.2 Å². The van der Waals surface area contributed by atoms with E-state index in [1.165, 1.54) is 0 Å². The standard InChI is InChI=1S/C17H16ClNO3/c1-10-3-5-15(21-2)13(7-10)19-17(20)16-9-11-8-12(18)4-6-14(11)22-16/h3-8,16H,9H2,1-2H3,(H,19,20). The van der Waals surface area contributed by atoms with Gasteiger partial charge in [0, 0.05) is 11.4 Å². The minimum absolute atomic E-state index is 0.198. The van der Waals surface area contributed by atoms with E-state index in [1.807, 2.05) is 31.2 Å². The number of fused-ring (bicyclic) bond motifs is 1. The number of halogens is 1. The van der Waals surface area contributed by atoms with Crippen LogP contribution in [0.5, 0.6) is 11.5 Å². The summed E-state index contributed by atoms with van der Waals surface area (Å²) in [6.45, 7) is 1.96. The van der Waals surface area contributed by atoms with Gasteiger partial charge in [-0.3, -0.25) is 4.79 Å². The highest BCUT2D eigenvalue weighted by molar-refractivity contribution is 6.30. The third kappa shape index (κ3) is 2.88. The molecule has 0 spiro atoms. The summed E-state index contributed by atoms with van der Waals surface area (Å²) in [4.78, 5) is 12.4. The predicted molar refractivity (Wildman–Crippen MR) is 85.9 cm³/mol. The molecule has 1 aliphatic heterocycles. The number of amides is 1. The van der Waals surface area contributed by atoms with Crippen LogP contribution in [0.3, 0.4) is 0 Å². The van der Waals surface area contributed by atoms with Crippen LogP contribution in [0.1, 0.15) is 11.1 Å². The average Bonchev–Trinajstić information content (AvgIpc) is 2.90. The normalized spacial score (nSPS) is 15.9. The van der Waals surface area contributed by atoms with E-state index < -0.39 is 6.10 Å². The van der Waals surface area contributed by atoms with Crippen LogP contribution in [0.4, 0.5) is 5.69 Å². The molecule has 0 radical (unpaired) electrons. The molecule has 2 aromatic rings. The molecule has 1 aliphatic rings. The number of aryl methyl sites for hydroxylation is 1. The zero-order valence-electron chi connectivity index (χ0n) is 12.4. The molecular weight excluding hydrogens is 302 g/mol. The van der Waals surface area contributed by atoms with Crippen molar-refractivity contribution in [1.29, 1.82) is 0 Å². The molecule has 22 heavy (non-hydrogen) atoms. The van der Waals surface area contributed by atoms with Gasteiger partial charge in [-0.25, -0.2) is 0 Å². The zero-order valence-corrected chi connectivity index (χ0v) is 13.1. The molecule has 0 fully saturated rings. The van der Waals surface area contributed by atoms with Crippen LogP contribution in [-0.2, 0) is 11.2 Å². The largest absolute Gasteiger partial charge is 0.495 e. The molecule has 114 valence electrons. The summed E-state index contributed by atoms with van der Waals surface area (Å²) < 4.78 is 11.0. The Bertz CT molecular complexity index is 730. The summed E-state index contributed by atoms with van der Waals surface area (Å²) in [5.74, 6) is 1.13. The van der Waals surface area contributed by atoms with Crippen molar-refractivity contribution in [2.45, 2.75) is 19.4 Å². The Hall–Kier alpha value is -2.20. The summed E-state index contributed by atoms with van der Waals surface area (Å²) in [6.07, 6.45) is -0.0470. The lowest BCUT2D eigenvalue weighted by Crippen LogP contribution is -2.31. The third-order valence-corrected chi connectivity index (χ3v) is 3.84. The van der Waals surface area contributed by atoms with Gasteiger partial charge in [0.1, 0.15) is 11.5 Å². The fourth-order valence-electron chi connectivity index (χ4n) is 2.50. The quantitative estimate of drug-likeness (QED) is 0.941. The van der Waals surface area contributed by atoms with Gasteiger partial charge in [-0.1, -0.05) is 17.7 Å². The number of hydrogen-bond acceptors (Lipinski definition) is 3. The number of methoxy groups -OCH3 is 1. The first-order valence-electron chi connectivity index (χ1n) is 6.97. The summed E-state index contributed by atoms with van der Waals surface area (Å²) in [5.41, 5.74) is 2.63. The maximum absolute atomic E-state index is 12.4. The van der Waals surface area contributed by atoms with Crippen LogP contribution in [-0.4, -0.2) is 19.1 Å². The Morgan fingerprint density at radius 2 is 2.14 bits per heavy atom. The lowest BCUT2D eigenvalue weighted by atomic mass is 10.1. The van der Waals surface area contributed by atoms with Gasteiger partial charge in [-0.15, -0.1) is 0 Å². The number of anilines is 1. The number of benzene rings is 2. The third-order valence-electron chi connectivity index (χ3n) is 3.60. The minimum Gasteiger partial charge on any atom is -0.495 e. The Morgan fingerprint density at radius 1 is 1.32 bits per heavy atom. The highest BCUT2D eigenvalue weighted by Crippen LogP contribution is 2.32. The van der Waals surface area contributed by atoms with Crippen LogP contribution in [0.15, 0.2) is 36.4 Å². The molecule has 0 saturated heterocycles. The van der Waals surface area contributed by atoms with Crippen molar-refractivity contribution in [1.82, 2.24) is 0 Å². The molecule has 3 rings (SSSR count). The molecule has 0 saturated carbocycles. The van der Waals surface area contributed by atoms with Crippen molar-refractivity contribution in [3.8, 4) is 11.5 Å². The van der Waals surface area contributed by atoms with Gasteiger partial charge in [0.15, 0.2) is 6.10 Å². The minimum atomic E-state index is -0.557. The number of rotatable bonds is 3. The molecule has 1 heterocycles. The average molecular weight is 318 g/mol. The van der Waals surface area contributed by atoms with E-state index in [9.17, 15) is 4.79 Å². The topological polar surface area (TPSA) is 47.6 Å². The lowest BCUT2D eigenvalue weighted by Gasteiger charge is -2.14. The van der Waals surface area contributed by atoms with Crippen molar-refractivity contribution in [2.75, 3.05) is 12.4 Å². The summed E-state index contributed by atoms with van der Waals surface area (Å²) in [7, 11) is 1.57. The number of hydrogen-bond donors (Lipinski definition) is 1. The second-order valence-electron chi connectivity index (χ2n) is 5.26. The second-order valence-corrected chi connectivity index (χ2v) is 5.69. The van der Waals surface area contributed by atoms with Crippen LogP contribution in [0.25, 0.3) is 0 Å². The van der Waals surface area contributed by atoms with Crippen molar-refractivity contribution < 1.29 is 14.3 Å². The fourth-order valence-corrected chi connectivity index (χ4v) is 2.69. The molecule has 0 aromatic heterocycles. The molecule has 0 bridgehead atoms. The van der Waals surface area contributed by atoms with Crippen LogP contribution in [0, 0.1) is 6.92 Å². The van der Waals surface area contributed by atoms with Crippen LogP contribution in [0.2, 0.25) is 5.02 Å². The summed E-state index contributed by atoms with van der Waals surface area (Å²) in [6, 6.07) is 11.0. The molecule has 1 N–H and O–H groups in total. The van der Waals surface area contributed by atoms with E-state index >= 15 is 0 Å². The van der Waals surface area contributed by atoms with Gasteiger partial charge in [0.05, 0.1) is 12.8 Å². The van der Waals surface area contributed by atoms with Gasteiger partial charge in [-0.2, -0.15) is 0 Å². The molecule has 1 unspecified atom stereocenters. The van der Waals surface area contributed by atoms with E-state index in [0.717, 1.165) is 11.1 Å². The molecule has 4 nitrogen and oxygen atoms in total. The van der Waals surface area contributed by atoms with E-state index in [1.54, 1.807) is 19.2 Å². The first-order chi connectivity index (χ1) is 10.6. The zero-order chi connectivity index (χ0) is 15.7. The first-order valence-corrected chi connectivity index (χ1v) is 7.35. The summed E-state index contributed by atoms with van der Waals surface area (Å²) >= 11 is 5.96. The molecule has 1 atom stereocenters. The monoisotopic (exact) mass is 317 g/mol. The van der Waals surface area contributed by atoms with E-state index in [4.69, 9.17) is 21.1 Å². The number of carbonyl (C=O) groups excluding carboxylic acids is 1. The highest BCUT2D eigenvalue weighted by Gasteiger charge is 2.29. The van der Waals surface area contributed by atoms with Gasteiger partial charge in [0.25, 0.3) is 5.91 Å². The van der Waals surface area contributed by atoms with Gasteiger partial charge in [-0.05, 0) is 48.4 Å². The molecule has 1 amide bonds.